The third kappa shape index (κ3) is 4.08. The van der Waals surface area contributed by atoms with Gasteiger partial charge in [0.15, 0.2) is 0 Å². The highest BCUT2D eigenvalue weighted by molar-refractivity contribution is 6.11. The van der Waals surface area contributed by atoms with E-state index in [2.05, 4.69) is 0 Å². The Bertz CT molecular complexity index is 927. The van der Waals surface area contributed by atoms with Gasteiger partial charge in [0, 0.05) is 18.3 Å². The Balaban J connectivity index is 2.76. The SMILES string of the molecule is CCOC(=O)Cc1c(C(=O)O)c(C(F)(F)F)c(C(=O)c2ccc(C)cc2)n1C. The van der Waals surface area contributed by atoms with E-state index in [0.717, 1.165) is 17.2 Å². The summed E-state index contributed by atoms with van der Waals surface area (Å²) in [5.74, 6) is -3.77. The normalized spacial score (nSPS) is 11.4. The van der Waals surface area contributed by atoms with E-state index >= 15 is 0 Å². The summed E-state index contributed by atoms with van der Waals surface area (Å²) in [4.78, 5) is 36.2. The molecule has 28 heavy (non-hydrogen) atoms. The Morgan fingerprint density at radius 2 is 1.71 bits per heavy atom. The molecule has 0 atom stereocenters. The lowest BCUT2D eigenvalue weighted by atomic mass is 10.0. The first-order valence-electron chi connectivity index (χ1n) is 8.28. The van der Waals surface area contributed by atoms with Gasteiger partial charge in [-0.3, -0.25) is 9.59 Å². The Labute approximate surface area is 158 Å². The summed E-state index contributed by atoms with van der Waals surface area (Å²) < 4.78 is 46.8. The Morgan fingerprint density at radius 1 is 1.14 bits per heavy atom. The summed E-state index contributed by atoms with van der Waals surface area (Å²) in [6, 6.07) is 5.83. The fourth-order valence-corrected chi connectivity index (χ4v) is 2.90. The fourth-order valence-electron chi connectivity index (χ4n) is 2.90. The second-order valence-corrected chi connectivity index (χ2v) is 6.08. The number of benzene rings is 1. The van der Waals surface area contributed by atoms with E-state index in [4.69, 9.17) is 4.74 Å². The van der Waals surface area contributed by atoms with Gasteiger partial charge < -0.3 is 14.4 Å². The van der Waals surface area contributed by atoms with Gasteiger partial charge >= 0.3 is 18.1 Å². The number of hydrogen-bond donors (Lipinski definition) is 1. The number of carboxylic acid groups (broad SMARTS) is 1. The van der Waals surface area contributed by atoms with Crippen molar-refractivity contribution in [1.82, 2.24) is 4.57 Å². The summed E-state index contributed by atoms with van der Waals surface area (Å²) in [7, 11) is 1.12. The van der Waals surface area contributed by atoms with Crippen molar-refractivity contribution in [1.29, 1.82) is 0 Å². The number of aryl methyl sites for hydroxylation is 1. The van der Waals surface area contributed by atoms with Crippen LogP contribution in [-0.2, 0) is 29.2 Å². The molecule has 0 spiro atoms. The molecule has 1 aromatic carbocycles. The molecule has 2 rings (SSSR count). The molecule has 150 valence electrons. The molecule has 0 aliphatic heterocycles. The number of carbonyl (C=O) groups excluding carboxylic acids is 2. The average Bonchev–Trinajstić information content (AvgIpc) is 2.88. The minimum Gasteiger partial charge on any atom is -0.478 e. The summed E-state index contributed by atoms with van der Waals surface area (Å²) in [6.45, 7) is 3.24. The number of esters is 1. The molecule has 2 aromatic rings. The summed E-state index contributed by atoms with van der Waals surface area (Å²) >= 11 is 0. The molecule has 0 aliphatic carbocycles. The number of halogens is 3. The maximum absolute atomic E-state index is 13.7. The number of carboxylic acids is 1. The van der Waals surface area contributed by atoms with Crippen molar-refractivity contribution in [2.45, 2.75) is 26.4 Å². The molecule has 1 heterocycles. The van der Waals surface area contributed by atoms with E-state index in [9.17, 15) is 32.7 Å². The zero-order valence-corrected chi connectivity index (χ0v) is 15.4. The molecule has 0 saturated carbocycles. The van der Waals surface area contributed by atoms with Crippen molar-refractivity contribution in [3.63, 3.8) is 0 Å². The second kappa shape index (κ2) is 7.87. The second-order valence-electron chi connectivity index (χ2n) is 6.08. The van der Waals surface area contributed by atoms with Crippen LogP contribution in [0.15, 0.2) is 24.3 Å². The van der Waals surface area contributed by atoms with Crippen molar-refractivity contribution in [2.75, 3.05) is 6.61 Å². The van der Waals surface area contributed by atoms with Crippen LogP contribution in [0, 0.1) is 6.92 Å². The number of hydrogen-bond acceptors (Lipinski definition) is 4. The number of aromatic nitrogens is 1. The molecule has 9 heteroatoms. The number of nitrogens with zero attached hydrogens (tertiary/aromatic N) is 1. The van der Waals surface area contributed by atoms with Gasteiger partial charge in [-0.25, -0.2) is 4.79 Å². The Morgan fingerprint density at radius 3 is 2.18 bits per heavy atom. The Kier molecular flexibility index (Phi) is 5.96. The number of ketones is 1. The zero-order valence-electron chi connectivity index (χ0n) is 15.4. The molecule has 1 N–H and O–H groups in total. The third-order valence-corrected chi connectivity index (χ3v) is 4.16. The van der Waals surface area contributed by atoms with Crippen molar-refractivity contribution in [2.24, 2.45) is 7.05 Å². The maximum Gasteiger partial charge on any atom is 0.419 e. The molecule has 6 nitrogen and oxygen atoms in total. The van der Waals surface area contributed by atoms with Gasteiger partial charge in [-0.2, -0.15) is 13.2 Å². The van der Waals surface area contributed by atoms with Gasteiger partial charge in [-0.15, -0.1) is 0 Å². The molecule has 1 aromatic heterocycles. The topological polar surface area (TPSA) is 85.6 Å². The summed E-state index contributed by atoms with van der Waals surface area (Å²) in [6.07, 6.45) is -5.83. The largest absolute Gasteiger partial charge is 0.478 e. The molecule has 0 bridgehead atoms. The van der Waals surface area contributed by atoms with E-state index in [-0.39, 0.29) is 12.2 Å². The van der Waals surface area contributed by atoms with Gasteiger partial charge in [-0.05, 0) is 13.8 Å². The van der Waals surface area contributed by atoms with Gasteiger partial charge in [0.25, 0.3) is 0 Å². The van der Waals surface area contributed by atoms with Crippen LogP contribution in [-0.4, -0.2) is 34.0 Å². The zero-order chi connectivity index (χ0) is 21.2. The summed E-state index contributed by atoms with van der Waals surface area (Å²) in [5, 5.41) is 9.40. The van der Waals surface area contributed by atoms with Crippen molar-refractivity contribution in [3.05, 3.63) is 57.9 Å². The minimum atomic E-state index is -5.12. The average molecular weight is 397 g/mol. The summed E-state index contributed by atoms with van der Waals surface area (Å²) in [5.41, 5.74) is -3.22. The highest BCUT2D eigenvalue weighted by atomic mass is 19.4. The predicted octanol–water partition coefficient (Wildman–Crippen LogP) is 3.39. The van der Waals surface area contributed by atoms with E-state index in [1.165, 1.54) is 19.1 Å². The molecule has 0 unspecified atom stereocenters. The highest BCUT2D eigenvalue weighted by Crippen LogP contribution is 2.39. The van der Waals surface area contributed by atoms with Crippen LogP contribution in [0.25, 0.3) is 0 Å². The molecular weight excluding hydrogens is 379 g/mol. The van der Waals surface area contributed by atoms with Crippen molar-refractivity contribution < 1.29 is 37.4 Å². The number of ether oxygens (including phenoxy) is 1. The first-order chi connectivity index (χ1) is 13.0. The van der Waals surface area contributed by atoms with Gasteiger partial charge in [0.05, 0.1) is 24.2 Å². The van der Waals surface area contributed by atoms with E-state index in [0.29, 0.717) is 0 Å². The number of carbonyl (C=O) groups is 3. The van der Waals surface area contributed by atoms with Crippen LogP contribution in [0.1, 0.15) is 50.2 Å². The molecule has 0 radical (unpaired) electrons. The molecular formula is C19H18F3NO5. The van der Waals surface area contributed by atoms with E-state index in [1.54, 1.807) is 19.1 Å². The first kappa shape index (κ1) is 21.2. The van der Waals surface area contributed by atoms with E-state index < -0.39 is 52.8 Å². The van der Waals surface area contributed by atoms with Crippen LogP contribution >= 0.6 is 0 Å². The first-order valence-corrected chi connectivity index (χ1v) is 8.28. The standard InChI is InChI=1S/C19H18F3NO5/c1-4-28-13(24)9-12-14(18(26)27)15(19(20,21)22)16(23(12)3)17(25)11-7-5-10(2)6-8-11/h5-8H,4,9H2,1-3H3,(H,26,27). The minimum absolute atomic E-state index is 0.0209. The smallest absolute Gasteiger partial charge is 0.419 e. The molecule has 0 fully saturated rings. The lowest BCUT2D eigenvalue weighted by Crippen LogP contribution is -2.17. The molecule has 0 saturated heterocycles. The number of rotatable bonds is 6. The maximum atomic E-state index is 13.7. The quantitative estimate of drug-likeness (QED) is 0.597. The lowest BCUT2D eigenvalue weighted by molar-refractivity contribution is -0.142. The van der Waals surface area contributed by atoms with Crippen LogP contribution < -0.4 is 0 Å². The third-order valence-electron chi connectivity index (χ3n) is 4.16. The highest BCUT2D eigenvalue weighted by Gasteiger charge is 2.44. The number of alkyl halides is 3. The molecule has 0 aliphatic rings. The molecule has 0 amide bonds. The van der Waals surface area contributed by atoms with Crippen LogP contribution in [0.3, 0.4) is 0 Å². The number of aromatic carboxylic acids is 1. The van der Waals surface area contributed by atoms with E-state index in [1.807, 2.05) is 0 Å². The predicted molar refractivity (Wildman–Crippen MR) is 92.3 cm³/mol. The van der Waals surface area contributed by atoms with Gasteiger partial charge in [-0.1, -0.05) is 29.8 Å². The van der Waals surface area contributed by atoms with Crippen LogP contribution in [0.5, 0.6) is 0 Å². The van der Waals surface area contributed by atoms with Gasteiger partial charge in [0.1, 0.15) is 5.69 Å². The van der Waals surface area contributed by atoms with Crippen LogP contribution in [0.2, 0.25) is 0 Å². The Hall–Kier alpha value is -3.10. The lowest BCUT2D eigenvalue weighted by Gasteiger charge is -2.11. The fraction of sp³-hybridized carbons (Fsp3) is 0.316. The monoisotopic (exact) mass is 397 g/mol. The van der Waals surface area contributed by atoms with Crippen LogP contribution in [0.4, 0.5) is 13.2 Å². The van der Waals surface area contributed by atoms with Crippen molar-refractivity contribution >= 4 is 17.7 Å². The van der Waals surface area contributed by atoms with Crippen molar-refractivity contribution in [3.8, 4) is 0 Å². The van der Waals surface area contributed by atoms with Gasteiger partial charge in [0.2, 0.25) is 5.78 Å².